The molecule has 1 aromatic rings. The van der Waals surface area contributed by atoms with Crippen molar-refractivity contribution >= 4 is 0 Å². The second-order valence-corrected chi connectivity index (χ2v) is 6.68. The van der Waals surface area contributed by atoms with Gasteiger partial charge in [0.05, 0.1) is 12.5 Å². The van der Waals surface area contributed by atoms with Crippen molar-refractivity contribution in [1.29, 1.82) is 0 Å². The lowest BCUT2D eigenvalue weighted by Gasteiger charge is -2.39. The molecule has 0 spiro atoms. The minimum absolute atomic E-state index is 0.339. The van der Waals surface area contributed by atoms with Crippen molar-refractivity contribution in [3.8, 4) is 0 Å². The maximum absolute atomic E-state index is 6.44. The average Bonchev–Trinajstić information content (AvgIpc) is 2.91. The van der Waals surface area contributed by atoms with Gasteiger partial charge < -0.3 is 15.5 Å². The van der Waals surface area contributed by atoms with Crippen LogP contribution in [0.5, 0.6) is 0 Å². The summed E-state index contributed by atoms with van der Waals surface area (Å²) in [4.78, 5) is 0. The Morgan fingerprint density at radius 2 is 2.20 bits per heavy atom. The molecule has 0 aromatic carbocycles. The van der Waals surface area contributed by atoms with Gasteiger partial charge in [0.15, 0.2) is 0 Å². The highest BCUT2D eigenvalue weighted by molar-refractivity contribution is 5.12. The maximum atomic E-state index is 6.44. The van der Waals surface area contributed by atoms with E-state index in [0.29, 0.717) is 23.9 Å². The third-order valence-corrected chi connectivity index (χ3v) is 4.82. The van der Waals surface area contributed by atoms with Crippen molar-refractivity contribution in [2.75, 3.05) is 6.54 Å². The van der Waals surface area contributed by atoms with E-state index >= 15 is 0 Å². The first kappa shape index (κ1) is 15.6. The molecule has 20 heavy (non-hydrogen) atoms. The van der Waals surface area contributed by atoms with E-state index in [1.165, 1.54) is 18.4 Å². The smallest absolute Gasteiger partial charge is 0.0950 e. The fraction of sp³-hybridized carbons (Fsp3) is 0.765. The SMILES string of the molecule is CCCNC(CC1C(C)CC(C)CC1N)c1ccoc1. The number of hydrogen-bond acceptors (Lipinski definition) is 3. The van der Waals surface area contributed by atoms with E-state index in [4.69, 9.17) is 10.2 Å². The zero-order chi connectivity index (χ0) is 14.5. The summed E-state index contributed by atoms with van der Waals surface area (Å²) in [6, 6.07) is 2.79. The molecule has 0 aliphatic heterocycles. The third-order valence-electron chi connectivity index (χ3n) is 4.82. The molecule has 0 saturated heterocycles. The summed E-state index contributed by atoms with van der Waals surface area (Å²) >= 11 is 0. The van der Waals surface area contributed by atoms with E-state index in [1.807, 2.05) is 6.26 Å². The lowest BCUT2D eigenvalue weighted by molar-refractivity contribution is 0.151. The Kier molecular flexibility index (Phi) is 5.67. The summed E-state index contributed by atoms with van der Waals surface area (Å²) in [6.45, 7) is 7.95. The molecule has 1 heterocycles. The molecular weight excluding hydrogens is 248 g/mol. The van der Waals surface area contributed by atoms with Crippen molar-refractivity contribution in [3.05, 3.63) is 24.2 Å². The van der Waals surface area contributed by atoms with Gasteiger partial charge in [0.1, 0.15) is 0 Å². The first-order chi connectivity index (χ1) is 9.61. The van der Waals surface area contributed by atoms with Crippen LogP contribution in [-0.4, -0.2) is 12.6 Å². The number of furan rings is 1. The molecule has 1 aromatic heterocycles. The number of nitrogens with two attached hydrogens (primary N) is 1. The fourth-order valence-electron chi connectivity index (χ4n) is 3.78. The quantitative estimate of drug-likeness (QED) is 0.834. The maximum Gasteiger partial charge on any atom is 0.0950 e. The largest absolute Gasteiger partial charge is 0.472 e. The summed E-state index contributed by atoms with van der Waals surface area (Å²) in [6.07, 6.45) is 8.38. The molecule has 114 valence electrons. The van der Waals surface area contributed by atoms with Gasteiger partial charge in [-0.3, -0.25) is 0 Å². The number of hydrogen-bond donors (Lipinski definition) is 2. The summed E-state index contributed by atoms with van der Waals surface area (Å²) in [5.41, 5.74) is 7.70. The Bertz CT molecular complexity index is 364. The molecule has 1 aliphatic rings. The topological polar surface area (TPSA) is 51.2 Å². The van der Waals surface area contributed by atoms with Gasteiger partial charge in [0.25, 0.3) is 0 Å². The van der Waals surface area contributed by atoms with E-state index in [1.54, 1.807) is 6.26 Å². The Hall–Kier alpha value is -0.800. The Labute approximate surface area is 123 Å². The minimum Gasteiger partial charge on any atom is -0.472 e. The van der Waals surface area contributed by atoms with Crippen LogP contribution in [0.2, 0.25) is 0 Å². The first-order valence-corrected chi connectivity index (χ1v) is 8.12. The van der Waals surface area contributed by atoms with Crippen LogP contribution in [0.4, 0.5) is 0 Å². The van der Waals surface area contributed by atoms with Gasteiger partial charge >= 0.3 is 0 Å². The van der Waals surface area contributed by atoms with E-state index in [9.17, 15) is 0 Å². The molecular formula is C17H30N2O. The summed E-state index contributed by atoms with van der Waals surface area (Å²) in [7, 11) is 0. The van der Waals surface area contributed by atoms with Gasteiger partial charge in [-0.05, 0) is 56.0 Å². The Morgan fingerprint density at radius 3 is 2.80 bits per heavy atom. The van der Waals surface area contributed by atoms with Crippen molar-refractivity contribution in [3.63, 3.8) is 0 Å². The molecule has 0 bridgehead atoms. The predicted molar refractivity (Wildman–Crippen MR) is 83.4 cm³/mol. The molecule has 5 atom stereocenters. The van der Waals surface area contributed by atoms with E-state index in [-0.39, 0.29) is 0 Å². The van der Waals surface area contributed by atoms with Crippen molar-refractivity contribution < 1.29 is 4.42 Å². The number of rotatable bonds is 6. The van der Waals surface area contributed by atoms with Crippen LogP contribution >= 0.6 is 0 Å². The van der Waals surface area contributed by atoms with Crippen molar-refractivity contribution in [2.24, 2.45) is 23.5 Å². The normalized spacial score (nSPS) is 32.2. The monoisotopic (exact) mass is 278 g/mol. The molecule has 0 radical (unpaired) electrons. The summed E-state index contributed by atoms with van der Waals surface area (Å²) < 4.78 is 5.26. The molecule has 1 fully saturated rings. The molecule has 1 saturated carbocycles. The van der Waals surface area contributed by atoms with Gasteiger partial charge in [0.2, 0.25) is 0 Å². The standard InChI is InChI=1S/C17H30N2O/c1-4-6-19-17(14-5-7-20-11-14)10-15-13(3)8-12(2)9-16(15)18/h5,7,11-13,15-17,19H,4,6,8-10,18H2,1-3H3. The highest BCUT2D eigenvalue weighted by Crippen LogP contribution is 2.38. The lowest BCUT2D eigenvalue weighted by atomic mass is 9.70. The van der Waals surface area contributed by atoms with Crippen LogP contribution in [0.3, 0.4) is 0 Å². The predicted octanol–water partition coefficient (Wildman–Crippen LogP) is 3.72. The van der Waals surface area contributed by atoms with E-state index in [2.05, 4.69) is 32.2 Å². The highest BCUT2D eigenvalue weighted by atomic mass is 16.3. The van der Waals surface area contributed by atoms with E-state index < -0.39 is 0 Å². The zero-order valence-corrected chi connectivity index (χ0v) is 13.1. The second kappa shape index (κ2) is 7.28. The van der Waals surface area contributed by atoms with Crippen LogP contribution in [0.15, 0.2) is 23.0 Å². The Morgan fingerprint density at radius 1 is 1.40 bits per heavy atom. The Balaban J connectivity index is 2.03. The van der Waals surface area contributed by atoms with Crippen LogP contribution in [-0.2, 0) is 0 Å². The first-order valence-electron chi connectivity index (χ1n) is 8.12. The van der Waals surface area contributed by atoms with Gasteiger partial charge in [-0.25, -0.2) is 0 Å². The van der Waals surface area contributed by atoms with Crippen LogP contribution in [0.1, 0.15) is 58.1 Å². The second-order valence-electron chi connectivity index (χ2n) is 6.68. The molecule has 0 amide bonds. The van der Waals surface area contributed by atoms with Gasteiger partial charge in [-0.1, -0.05) is 20.8 Å². The lowest BCUT2D eigenvalue weighted by Crippen LogP contribution is -2.42. The average molecular weight is 278 g/mol. The summed E-state index contributed by atoms with van der Waals surface area (Å²) in [5, 5.41) is 3.66. The van der Waals surface area contributed by atoms with Crippen LogP contribution in [0, 0.1) is 17.8 Å². The molecule has 3 heteroatoms. The fourth-order valence-corrected chi connectivity index (χ4v) is 3.78. The molecule has 3 N–H and O–H groups in total. The van der Waals surface area contributed by atoms with Gasteiger partial charge in [0, 0.05) is 17.6 Å². The minimum atomic E-state index is 0.339. The van der Waals surface area contributed by atoms with Crippen molar-refractivity contribution in [1.82, 2.24) is 5.32 Å². The highest BCUT2D eigenvalue weighted by Gasteiger charge is 2.33. The van der Waals surface area contributed by atoms with Crippen molar-refractivity contribution in [2.45, 2.75) is 58.5 Å². The zero-order valence-electron chi connectivity index (χ0n) is 13.1. The molecule has 1 aliphatic carbocycles. The molecule has 3 nitrogen and oxygen atoms in total. The van der Waals surface area contributed by atoms with Gasteiger partial charge in [-0.2, -0.15) is 0 Å². The van der Waals surface area contributed by atoms with Crippen LogP contribution < -0.4 is 11.1 Å². The third kappa shape index (κ3) is 3.86. The van der Waals surface area contributed by atoms with Gasteiger partial charge in [-0.15, -0.1) is 0 Å². The van der Waals surface area contributed by atoms with Crippen LogP contribution in [0.25, 0.3) is 0 Å². The molecule has 2 rings (SSSR count). The molecule has 5 unspecified atom stereocenters. The summed E-state index contributed by atoms with van der Waals surface area (Å²) in [5.74, 6) is 2.09. The number of nitrogens with one attached hydrogen (secondary N) is 1. The van der Waals surface area contributed by atoms with E-state index in [0.717, 1.165) is 25.3 Å².